The number of furan rings is 1. The third kappa shape index (κ3) is 2.70. The Kier molecular flexibility index (Phi) is 3.47. The molecule has 20 heavy (non-hydrogen) atoms. The van der Waals surface area contributed by atoms with Crippen molar-refractivity contribution < 1.29 is 8.94 Å². The molecule has 0 unspecified atom stereocenters. The van der Waals surface area contributed by atoms with Crippen LogP contribution < -0.4 is 5.73 Å². The molecule has 0 saturated heterocycles. The molecule has 0 amide bonds. The highest BCUT2D eigenvalue weighted by Crippen LogP contribution is 2.28. The van der Waals surface area contributed by atoms with Crippen LogP contribution in [0.3, 0.4) is 0 Å². The number of nitrogens with two attached hydrogens (primary N) is 1. The fraction of sp³-hybridized carbons (Fsp3) is 0.143. The van der Waals surface area contributed by atoms with E-state index in [0.717, 1.165) is 16.1 Å². The van der Waals surface area contributed by atoms with Gasteiger partial charge in [0.05, 0.1) is 12.0 Å². The summed E-state index contributed by atoms with van der Waals surface area (Å²) in [7, 11) is 0. The molecule has 0 aliphatic heterocycles. The van der Waals surface area contributed by atoms with Crippen molar-refractivity contribution in [2.75, 3.05) is 5.73 Å². The third-order valence-electron chi connectivity index (χ3n) is 2.73. The van der Waals surface area contributed by atoms with Crippen molar-refractivity contribution in [1.82, 2.24) is 10.1 Å². The summed E-state index contributed by atoms with van der Waals surface area (Å²) in [6.07, 6.45) is 1.58. The van der Waals surface area contributed by atoms with Crippen LogP contribution >= 0.6 is 11.8 Å². The van der Waals surface area contributed by atoms with Crippen LogP contribution in [0.1, 0.15) is 11.5 Å². The van der Waals surface area contributed by atoms with E-state index in [1.165, 1.54) is 0 Å². The topological polar surface area (TPSA) is 78.1 Å². The van der Waals surface area contributed by atoms with Crippen molar-refractivity contribution >= 4 is 17.4 Å². The molecular formula is C14H13N3O2S. The Hall–Kier alpha value is -2.21. The lowest BCUT2D eigenvalue weighted by atomic mass is 10.2. The Morgan fingerprint density at radius 2 is 2.20 bits per heavy atom. The van der Waals surface area contributed by atoms with Gasteiger partial charge in [0.25, 0.3) is 0 Å². The minimum Gasteiger partial charge on any atom is -0.461 e. The van der Waals surface area contributed by atoms with E-state index in [1.54, 1.807) is 30.2 Å². The van der Waals surface area contributed by atoms with Crippen molar-refractivity contribution in [3.05, 3.63) is 48.0 Å². The van der Waals surface area contributed by atoms with Crippen molar-refractivity contribution in [3.63, 3.8) is 0 Å². The van der Waals surface area contributed by atoms with Gasteiger partial charge in [-0.3, -0.25) is 0 Å². The molecule has 0 aliphatic carbocycles. The third-order valence-corrected chi connectivity index (χ3v) is 3.80. The zero-order valence-electron chi connectivity index (χ0n) is 10.9. The van der Waals surface area contributed by atoms with Crippen LogP contribution in [0.25, 0.3) is 11.6 Å². The van der Waals surface area contributed by atoms with Gasteiger partial charge < -0.3 is 14.7 Å². The van der Waals surface area contributed by atoms with Gasteiger partial charge in [0.1, 0.15) is 0 Å². The molecule has 0 aliphatic rings. The van der Waals surface area contributed by atoms with Crippen molar-refractivity contribution in [2.45, 2.75) is 17.6 Å². The average Bonchev–Trinajstić information content (AvgIpc) is 3.08. The van der Waals surface area contributed by atoms with Crippen molar-refractivity contribution in [3.8, 4) is 11.6 Å². The molecule has 102 valence electrons. The van der Waals surface area contributed by atoms with Gasteiger partial charge in [-0.2, -0.15) is 4.98 Å². The van der Waals surface area contributed by atoms with E-state index in [4.69, 9.17) is 14.7 Å². The molecule has 5 nitrogen and oxygen atoms in total. The van der Waals surface area contributed by atoms with Crippen LogP contribution in [0.15, 0.2) is 50.4 Å². The smallest absolute Gasteiger partial charge is 0.238 e. The van der Waals surface area contributed by atoms with Gasteiger partial charge in [-0.25, -0.2) is 0 Å². The fourth-order valence-electron chi connectivity index (χ4n) is 1.76. The number of thioether (sulfide) groups is 1. The predicted molar refractivity (Wildman–Crippen MR) is 77.2 cm³/mol. The second-order valence-electron chi connectivity index (χ2n) is 4.32. The van der Waals surface area contributed by atoms with E-state index < -0.39 is 0 Å². The lowest BCUT2D eigenvalue weighted by molar-refractivity contribution is 0.390. The molecule has 0 saturated carbocycles. The summed E-state index contributed by atoms with van der Waals surface area (Å²) in [5.74, 6) is 2.17. The van der Waals surface area contributed by atoms with Gasteiger partial charge in [0, 0.05) is 10.6 Å². The van der Waals surface area contributed by atoms with Crippen LogP contribution in [-0.4, -0.2) is 10.1 Å². The maximum Gasteiger partial charge on any atom is 0.238 e. The largest absolute Gasteiger partial charge is 0.461 e. The maximum atomic E-state index is 5.97. The number of hydrogen-bond donors (Lipinski definition) is 1. The van der Waals surface area contributed by atoms with Gasteiger partial charge in [-0.15, -0.1) is 11.8 Å². The monoisotopic (exact) mass is 287 g/mol. The molecule has 2 heterocycles. The lowest BCUT2D eigenvalue weighted by Crippen LogP contribution is -1.90. The van der Waals surface area contributed by atoms with Gasteiger partial charge >= 0.3 is 0 Å². The van der Waals surface area contributed by atoms with Gasteiger partial charge in [0.2, 0.25) is 11.7 Å². The van der Waals surface area contributed by atoms with E-state index in [1.807, 2.05) is 25.1 Å². The van der Waals surface area contributed by atoms with Crippen molar-refractivity contribution in [2.24, 2.45) is 0 Å². The normalized spacial score (nSPS) is 10.8. The zero-order valence-corrected chi connectivity index (χ0v) is 11.7. The first-order valence-corrected chi connectivity index (χ1v) is 7.06. The van der Waals surface area contributed by atoms with E-state index in [0.29, 0.717) is 23.2 Å². The maximum absolute atomic E-state index is 5.97. The molecule has 2 N–H and O–H groups in total. The molecule has 1 aromatic carbocycles. The molecular weight excluding hydrogens is 274 g/mol. The highest BCUT2D eigenvalue weighted by molar-refractivity contribution is 7.98. The van der Waals surface area contributed by atoms with Crippen LogP contribution in [0.5, 0.6) is 0 Å². The first-order chi connectivity index (χ1) is 9.72. The Labute approximate surface area is 120 Å². The van der Waals surface area contributed by atoms with Crippen LogP contribution in [0, 0.1) is 6.92 Å². The fourth-order valence-corrected chi connectivity index (χ4v) is 2.54. The summed E-state index contributed by atoms with van der Waals surface area (Å²) in [6.45, 7) is 2.01. The quantitative estimate of drug-likeness (QED) is 0.584. The summed E-state index contributed by atoms with van der Waals surface area (Å²) in [5, 5.41) is 3.88. The lowest BCUT2D eigenvalue weighted by Gasteiger charge is -2.04. The molecule has 0 bridgehead atoms. The second kappa shape index (κ2) is 5.42. The standard InChI is InChI=1S/C14H13N3O2S/c1-9-4-5-12(10(15)7-9)20-8-13-16-14(17-19-13)11-3-2-6-18-11/h2-7H,8,15H2,1H3. The Bertz CT molecular complexity index is 707. The number of nitrogens with zero attached hydrogens (tertiary/aromatic N) is 2. The van der Waals surface area contributed by atoms with E-state index in [-0.39, 0.29) is 0 Å². The molecule has 6 heteroatoms. The average molecular weight is 287 g/mol. The summed E-state index contributed by atoms with van der Waals surface area (Å²) in [4.78, 5) is 5.29. The minimum atomic E-state index is 0.461. The Morgan fingerprint density at radius 1 is 1.30 bits per heavy atom. The molecule has 0 radical (unpaired) electrons. The minimum absolute atomic E-state index is 0.461. The number of nitrogen functional groups attached to an aromatic ring is 1. The highest BCUT2D eigenvalue weighted by atomic mass is 32.2. The Morgan fingerprint density at radius 3 is 2.95 bits per heavy atom. The van der Waals surface area contributed by atoms with Gasteiger partial charge in [-0.05, 0) is 36.8 Å². The number of anilines is 1. The second-order valence-corrected chi connectivity index (χ2v) is 5.34. The van der Waals surface area contributed by atoms with Gasteiger partial charge in [-0.1, -0.05) is 11.2 Å². The number of aryl methyl sites for hydroxylation is 1. The van der Waals surface area contributed by atoms with E-state index in [2.05, 4.69) is 10.1 Å². The van der Waals surface area contributed by atoms with E-state index in [9.17, 15) is 0 Å². The summed E-state index contributed by atoms with van der Waals surface area (Å²) in [6, 6.07) is 9.55. The molecule has 0 atom stereocenters. The van der Waals surface area contributed by atoms with Crippen LogP contribution in [-0.2, 0) is 5.75 Å². The van der Waals surface area contributed by atoms with Crippen molar-refractivity contribution in [1.29, 1.82) is 0 Å². The molecule has 3 aromatic rings. The first kappa shape index (κ1) is 12.8. The molecule has 2 aromatic heterocycles. The number of aromatic nitrogens is 2. The highest BCUT2D eigenvalue weighted by Gasteiger charge is 2.11. The van der Waals surface area contributed by atoms with Crippen LogP contribution in [0.2, 0.25) is 0 Å². The summed E-state index contributed by atoms with van der Waals surface area (Å²) in [5.41, 5.74) is 7.87. The van der Waals surface area contributed by atoms with Crippen LogP contribution in [0.4, 0.5) is 5.69 Å². The Balaban J connectivity index is 1.70. The SMILES string of the molecule is Cc1ccc(SCc2nc(-c3ccco3)no2)c(N)c1. The zero-order chi connectivity index (χ0) is 13.9. The summed E-state index contributed by atoms with van der Waals surface area (Å²) >= 11 is 1.57. The molecule has 3 rings (SSSR count). The number of benzene rings is 1. The van der Waals surface area contributed by atoms with E-state index >= 15 is 0 Å². The molecule has 0 fully saturated rings. The number of rotatable bonds is 4. The predicted octanol–water partition coefficient (Wildman–Crippen LogP) is 3.51. The molecule has 0 spiro atoms. The summed E-state index contributed by atoms with van der Waals surface area (Å²) < 4.78 is 10.4. The van der Waals surface area contributed by atoms with Gasteiger partial charge in [0.15, 0.2) is 5.76 Å². The first-order valence-electron chi connectivity index (χ1n) is 6.08. The number of hydrogen-bond acceptors (Lipinski definition) is 6.